The molecule has 4 aliphatic rings. The minimum atomic E-state index is 0. The first kappa shape index (κ1) is 19.6. The van der Waals surface area contributed by atoms with E-state index in [1.165, 1.54) is 44.9 Å². The molecule has 5 nitrogen and oxygen atoms in total. The van der Waals surface area contributed by atoms with E-state index in [1.54, 1.807) is 0 Å². The molecule has 134 valence electrons. The maximum atomic E-state index is 5.00. The molecular formula is C16H32IN5S. The Morgan fingerprint density at radius 1 is 1.13 bits per heavy atom. The molecule has 0 aromatic heterocycles. The molecule has 4 saturated heterocycles. The summed E-state index contributed by atoms with van der Waals surface area (Å²) in [6.07, 6.45) is 1.26. The van der Waals surface area contributed by atoms with Gasteiger partial charge in [-0.2, -0.15) is 11.8 Å². The van der Waals surface area contributed by atoms with Crippen molar-refractivity contribution in [3.8, 4) is 0 Å². The highest BCUT2D eigenvalue weighted by molar-refractivity contribution is 14.0. The van der Waals surface area contributed by atoms with Crippen LogP contribution < -0.4 is 5.32 Å². The predicted octanol–water partition coefficient (Wildman–Crippen LogP) is 1.40. The lowest BCUT2D eigenvalue weighted by Gasteiger charge is -2.47. The Kier molecular flexibility index (Phi) is 8.24. The average molecular weight is 453 g/mol. The lowest BCUT2D eigenvalue weighted by atomic mass is 10.1. The van der Waals surface area contributed by atoms with E-state index in [0.717, 1.165) is 37.4 Å². The topological polar surface area (TPSA) is 34.1 Å². The van der Waals surface area contributed by atoms with Crippen molar-refractivity contribution in [1.29, 1.82) is 0 Å². The minimum absolute atomic E-state index is 0. The van der Waals surface area contributed by atoms with Crippen molar-refractivity contribution in [3.05, 3.63) is 0 Å². The summed E-state index contributed by atoms with van der Waals surface area (Å²) in [6, 6.07) is 0.622. The molecule has 1 N–H and O–H groups in total. The molecule has 4 aliphatic heterocycles. The van der Waals surface area contributed by atoms with Gasteiger partial charge in [0.15, 0.2) is 5.96 Å². The van der Waals surface area contributed by atoms with Gasteiger partial charge >= 0.3 is 0 Å². The van der Waals surface area contributed by atoms with Gasteiger partial charge in [-0.25, -0.2) is 0 Å². The Morgan fingerprint density at radius 2 is 1.91 bits per heavy atom. The van der Waals surface area contributed by atoms with E-state index in [0.29, 0.717) is 6.04 Å². The molecule has 0 spiro atoms. The third-order valence-electron chi connectivity index (χ3n) is 5.07. The second-order valence-electron chi connectivity index (χ2n) is 6.53. The first-order valence-electron chi connectivity index (χ1n) is 8.91. The van der Waals surface area contributed by atoms with Gasteiger partial charge in [-0.3, -0.25) is 14.8 Å². The summed E-state index contributed by atoms with van der Waals surface area (Å²) in [5.74, 6) is 2.37. The van der Waals surface area contributed by atoms with E-state index >= 15 is 0 Å². The first-order chi connectivity index (χ1) is 10.8. The fourth-order valence-corrected chi connectivity index (χ4v) is 4.85. The number of guanidine groups is 1. The van der Waals surface area contributed by atoms with Gasteiger partial charge in [0, 0.05) is 69.4 Å². The van der Waals surface area contributed by atoms with Crippen LogP contribution in [0.15, 0.2) is 4.99 Å². The van der Waals surface area contributed by atoms with Crippen LogP contribution in [0, 0.1) is 0 Å². The van der Waals surface area contributed by atoms with Crippen LogP contribution in [0.4, 0.5) is 0 Å². The third kappa shape index (κ3) is 5.12. The molecule has 2 bridgehead atoms. The number of hydrogen-bond acceptors (Lipinski definition) is 4. The zero-order valence-corrected chi connectivity index (χ0v) is 17.7. The van der Waals surface area contributed by atoms with Crippen LogP contribution in [0.5, 0.6) is 0 Å². The van der Waals surface area contributed by atoms with E-state index < -0.39 is 0 Å². The highest BCUT2D eigenvalue weighted by Crippen LogP contribution is 2.21. The number of aliphatic imine (C=N–C) groups is 1. The fourth-order valence-electron chi connectivity index (χ4n) is 3.67. The lowest BCUT2D eigenvalue weighted by Crippen LogP contribution is -2.62. The molecular weight excluding hydrogens is 421 g/mol. The molecule has 2 unspecified atom stereocenters. The number of halogens is 1. The summed E-state index contributed by atoms with van der Waals surface area (Å²) in [6.45, 7) is 14.8. The maximum Gasteiger partial charge on any atom is 0.194 e. The van der Waals surface area contributed by atoms with Gasteiger partial charge in [0.2, 0.25) is 0 Å². The molecule has 0 aliphatic carbocycles. The van der Waals surface area contributed by atoms with Gasteiger partial charge in [-0.15, -0.1) is 24.0 Å². The van der Waals surface area contributed by atoms with Crippen LogP contribution in [0.1, 0.15) is 20.3 Å². The molecule has 0 saturated carbocycles. The van der Waals surface area contributed by atoms with Gasteiger partial charge in [-0.1, -0.05) is 6.92 Å². The number of thioether (sulfide) groups is 1. The number of rotatable bonds is 4. The van der Waals surface area contributed by atoms with E-state index in [9.17, 15) is 0 Å². The Hall–Kier alpha value is 0.270. The van der Waals surface area contributed by atoms with Crippen LogP contribution in [-0.2, 0) is 0 Å². The summed E-state index contributed by atoms with van der Waals surface area (Å²) in [5.41, 5.74) is 0. The molecule has 7 heteroatoms. The largest absolute Gasteiger partial charge is 0.357 e. The van der Waals surface area contributed by atoms with E-state index in [1.807, 2.05) is 0 Å². The van der Waals surface area contributed by atoms with Gasteiger partial charge in [0.1, 0.15) is 0 Å². The van der Waals surface area contributed by atoms with Crippen molar-refractivity contribution in [2.75, 3.05) is 64.7 Å². The van der Waals surface area contributed by atoms with Crippen molar-refractivity contribution in [1.82, 2.24) is 20.0 Å². The van der Waals surface area contributed by atoms with E-state index in [4.69, 9.17) is 4.99 Å². The van der Waals surface area contributed by atoms with E-state index in [2.05, 4.69) is 45.6 Å². The zero-order valence-electron chi connectivity index (χ0n) is 14.5. The highest BCUT2D eigenvalue weighted by Gasteiger charge is 2.31. The molecule has 2 atom stereocenters. The number of piperazine rings is 3. The smallest absolute Gasteiger partial charge is 0.194 e. The van der Waals surface area contributed by atoms with Crippen LogP contribution in [0.2, 0.25) is 0 Å². The van der Waals surface area contributed by atoms with Crippen molar-refractivity contribution >= 4 is 41.7 Å². The van der Waals surface area contributed by atoms with Crippen molar-refractivity contribution < 1.29 is 0 Å². The summed E-state index contributed by atoms with van der Waals surface area (Å²) in [4.78, 5) is 12.7. The van der Waals surface area contributed by atoms with E-state index in [-0.39, 0.29) is 24.0 Å². The second kappa shape index (κ2) is 9.68. The summed E-state index contributed by atoms with van der Waals surface area (Å²) >= 11 is 2.12. The minimum Gasteiger partial charge on any atom is -0.357 e. The number of nitrogens with one attached hydrogen (secondary N) is 1. The molecule has 4 fully saturated rings. The Morgan fingerprint density at radius 3 is 2.52 bits per heavy atom. The third-order valence-corrected chi connectivity index (χ3v) is 6.44. The molecule has 23 heavy (non-hydrogen) atoms. The van der Waals surface area contributed by atoms with Gasteiger partial charge < -0.3 is 10.2 Å². The van der Waals surface area contributed by atoms with Crippen LogP contribution in [0.3, 0.4) is 0 Å². The van der Waals surface area contributed by atoms with Gasteiger partial charge in [-0.05, 0) is 13.3 Å². The van der Waals surface area contributed by atoms with Crippen molar-refractivity contribution in [2.24, 2.45) is 4.99 Å². The van der Waals surface area contributed by atoms with Crippen molar-refractivity contribution in [3.63, 3.8) is 0 Å². The lowest BCUT2D eigenvalue weighted by molar-refractivity contribution is 0.0173. The molecule has 4 heterocycles. The zero-order chi connectivity index (χ0) is 15.4. The summed E-state index contributed by atoms with van der Waals surface area (Å²) in [7, 11) is 0. The predicted molar refractivity (Wildman–Crippen MR) is 111 cm³/mol. The average Bonchev–Trinajstić information content (AvgIpc) is 2.59. The molecule has 4 rings (SSSR count). The van der Waals surface area contributed by atoms with Crippen molar-refractivity contribution in [2.45, 2.75) is 31.6 Å². The Bertz CT molecular complexity index is 387. The quantitative estimate of drug-likeness (QED) is 0.396. The monoisotopic (exact) mass is 453 g/mol. The SMILES string of the molecule is CCNC(=NCC1CN2CCN1CC2)N1CCSC(CC)C1.I. The van der Waals surface area contributed by atoms with Gasteiger partial charge in [0.05, 0.1) is 6.54 Å². The Labute approximate surface area is 162 Å². The normalized spacial score (nSPS) is 34.2. The molecule has 0 radical (unpaired) electrons. The van der Waals surface area contributed by atoms with Crippen LogP contribution >= 0.6 is 35.7 Å². The van der Waals surface area contributed by atoms with Crippen LogP contribution in [-0.4, -0.2) is 96.6 Å². The number of nitrogens with zero attached hydrogens (tertiary/aromatic N) is 4. The standard InChI is InChI=1S/C16H31N5S.HI/c1-3-15-13-21(9-10-22-15)16(17-4-2)18-11-14-12-19-5-7-20(14)8-6-19;/h14-15H,3-13H2,1-2H3,(H,17,18);1H. The fraction of sp³-hybridized carbons (Fsp3) is 0.938. The second-order valence-corrected chi connectivity index (χ2v) is 7.94. The highest BCUT2D eigenvalue weighted by atomic mass is 127. The number of fused-ring (bicyclic) bond motifs is 3. The Balaban J connectivity index is 0.00000192. The molecule has 0 aromatic rings. The van der Waals surface area contributed by atoms with Gasteiger partial charge in [0.25, 0.3) is 0 Å². The maximum absolute atomic E-state index is 5.00. The summed E-state index contributed by atoms with van der Waals surface area (Å²) < 4.78 is 0. The van der Waals surface area contributed by atoms with Crippen LogP contribution in [0.25, 0.3) is 0 Å². The molecule has 0 amide bonds. The summed E-state index contributed by atoms with van der Waals surface area (Å²) in [5, 5.41) is 4.28. The molecule has 0 aromatic carbocycles. The number of hydrogen-bond donors (Lipinski definition) is 1. The first-order valence-corrected chi connectivity index (χ1v) is 9.96.